The minimum Gasteiger partial charge on any atom is -0.495 e. The molecule has 2 aromatic rings. The summed E-state index contributed by atoms with van der Waals surface area (Å²) in [5.41, 5.74) is 2.21. The third-order valence-electron chi connectivity index (χ3n) is 2.31. The van der Waals surface area contributed by atoms with Crippen molar-refractivity contribution in [2.24, 2.45) is 0 Å². The first-order chi connectivity index (χ1) is 7.70. The number of benzene rings is 2. The van der Waals surface area contributed by atoms with Gasteiger partial charge in [-0.05, 0) is 35.4 Å². The average molecular weight is 298 g/mol. The highest BCUT2D eigenvalue weighted by Crippen LogP contribution is 2.31. The van der Waals surface area contributed by atoms with Crippen molar-refractivity contribution in [2.45, 2.75) is 0 Å². The summed E-state index contributed by atoms with van der Waals surface area (Å²) in [7, 11) is 1.62. The van der Waals surface area contributed by atoms with Crippen LogP contribution >= 0.6 is 27.5 Å². The third-order valence-corrected chi connectivity index (χ3v) is 3.11. The lowest BCUT2D eigenvalue weighted by atomic mass is 10.1. The van der Waals surface area contributed by atoms with E-state index in [-0.39, 0.29) is 0 Å². The predicted octanol–water partition coefficient (Wildman–Crippen LogP) is 4.78. The molecule has 0 aliphatic carbocycles. The summed E-state index contributed by atoms with van der Waals surface area (Å²) < 4.78 is 6.25. The Labute approximate surface area is 108 Å². The first-order valence-corrected chi connectivity index (χ1v) is 5.97. The van der Waals surface area contributed by atoms with Crippen LogP contribution < -0.4 is 4.74 Å². The van der Waals surface area contributed by atoms with E-state index in [0.717, 1.165) is 15.6 Å². The number of hydrogen-bond donors (Lipinski definition) is 0. The highest BCUT2D eigenvalue weighted by atomic mass is 79.9. The third kappa shape index (κ3) is 2.39. The first kappa shape index (κ1) is 11.5. The van der Waals surface area contributed by atoms with Crippen LogP contribution in [0.15, 0.2) is 46.9 Å². The van der Waals surface area contributed by atoms with Crippen LogP contribution in [0.3, 0.4) is 0 Å². The van der Waals surface area contributed by atoms with Gasteiger partial charge in [0.1, 0.15) is 5.75 Å². The molecular formula is C13H10BrClO. The zero-order chi connectivity index (χ0) is 11.5. The van der Waals surface area contributed by atoms with Crippen LogP contribution in [0.1, 0.15) is 0 Å². The van der Waals surface area contributed by atoms with Gasteiger partial charge in [-0.15, -0.1) is 0 Å². The Bertz CT molecular complexity index is 511. The molecule has 0 saturated heterocycles. The zero-order valence-corrected chi connectivity index (χ0v) is 11.0. The van der Waals surface area contributed by atoms with Gasteiger partial charge in [-0.1, -0.05) is 45.7 Å². The number of halogens is 2. The van der Waals surface area contributed by atoms with Gasteiger partial charge in [-0.2, -0.15) is 0 Å². The smallest absolute Gasteiger partial charge is 0.138 e. The molecule has 0 spiro atoms. The lowest BCUT2D eigenvalue weighted by molar-refractivity contribution is 0.415. The average Bonchev–Trinajstić information content (AvgIpc) is 2.29. The minimum absolute atomic E-state index is 0.626. The molecule has 0 atom stereocenters. The van der Waals surface area contributed by atoms with E-state index in [1.165, 1.54) is 0 Å². The zero-order valence-electron chi connectivity index (χ0n) is 8.71. The summed E-state index contributed by atoms with van der Waals surface area (Å²) >= 11 is 9.43. The Balaban J connectivity index is 2.48. The molecule has 0 heterocycles. The molecule has 0 bridgehead atoms. The molecule has 2 rings (SSSR count). The Morgan fingerprint density at radius 1 is 1.06 bits per heavy atom. The molecule has 0 N–H and O–H groups in total. The van der Waals surface area contributed by atoms with Crippen molar-refractivity contribution in [1.82, 2.24) is 0 Å². The molecule has 0 aromatic heterocycles. The van der Waals surface area contributed by atoms with Crippen molar-refractivity contribution in [2.75, 3.05) is 7.11 Å². The summed E-state index contributed by atoms with van der Waals surface area (Å²) in [4.78, 5) is 0. The number of ether oxygens (including phenoxy) is 1. The molecule has 2 aromatic carbocycles. The summed E-state index contributed by atoms with van der Waals surface area (Å²) in [5.74, 6) is 0.694. The van der Waals surface area contributed by atoms with Gasteiger partial charge < -0.3 is 4.74 Å². The summed E-state index contributed by atoms with van der Waals surface area (Å²) in [6.45, 7) is 0. The van der Waals surface area contributed by atoms with Gasteiger partial charge in [-0.25, -0.2) is 0 Å². The Morgan fingerprint density at radius 3 is 2.50 bits per heavy atom. The maximum Gasteiger partial charge on any atom is 0.138 e. The molecule has 0 aliphatic rings. The SMILES string of the molecule is COc1cc(-c2cccc(Br)c2)ccc1Cl. The fraction of sp³-hybridized carbons (Fsp3) is 0.0769. The normalized spacial score (nSPS) is 10.2. The molecule has 0 aliphatic heterocycles. The number of hydrogen-bond acceptors (Lipinski definition) is 1. The first-order valence-electron chi connectivity index (χ1n) is 4.80. The summed E-state index contributed by atoms with van der Waals surface area (Å²) in [6, 6.07) is 13.9. The van der Waals surface area contributed by atoms with Crippen LogP contribution in [-0.4, -0.2) is 7.11 Å². The second-order valence-corrected chi connectivity index (χ2v) is 4.68. The van der Waals surface area contributed by atoms with E-state index in [0.29, 0.717) is 10.8 Å². The van der Waals surface area contributed by atoms with E-state index in [4.69, 9.17) is 16.3 Å². The molecular weight excluding hydrogens is 287 g/mol. The van der Waals surface area contributed by atoms with Crippen LogP contribution in [0.4, 0.5) is 0 Å². The molecule has 0 radical (unpaired) electrons. The molecule has 1 nitrogen and oxygen atoms in total. The number of rotatable bonds is 2. The standard InChI is InChI=1S/C13H10BrClO/c1-16-13-8-10(5-6-12(13)15)9-3-2-4-11(14)7-9/h2-8H,1H3. The fourth-order valence-corrected chi connectivity index (χ4v) is 2.10. The van der Waals surface area contributed by atoms with Crippen molar-refractivity contribution in [1.29, 1.82) is 0 Å². The van der Waals surface area contributed by atoms with Crippen LogP contribution in [0, 0.1) is 0 Å². The van der Waals surface area contributed by atoms with E-state index >= 15 is 0 Å². The monoisotopic (exact) mass is 296 g/mol. The molecule has 0 fully saturated rings. The highest BCUT2D eigenvalue weighted by molar-refractivity contribution is 9.10. The van der Waals surface area contributed by atoms with E-state index in [1.807, 2.05) is 36.4 Å². The Kier molecular flexibility index (Phi) is 3.52. The van der Waals surface area contributed by atoms with Crippen LogP contribution in [0.5, 0.6) is 5.75 Å². The second kappa shape index (κ2) is 4.89. The van der Waals surface area contributed by atoms with E-state index < -0.39 is 0 Å². The van der Waals surface area contributed by atoms with Crippen molar-refractivity contribution >= 4 is 27.5 Å². The Morgan fingerprint density at radius 2 is 1.81 bits per heavy atom. The quantitative estimate of drug-likeness (QED) is 0.775. The van der Waals surface area contributed by atoms with Gasteiger partial charge in [0.15, 0.2) is 0 Å². The van der Waals surface area contributed by atoms with Gasteiger partial charge in [0.05, 0.1) is 12.1 Å². The summed E-state index contributed by atoms with van der Waals surface area (Å²) in [5, 5.41) is 0.626. The van der Waals surface area contributed by atoms with Crippen molar-refractivity contribution in [3.8, 4) is 16.9 Å². The van der Waals surface area contributed by atoms with Crippen LogP contribution in [-0.2, 0) is 0 Å². The van der Waals surface area contributed by atoms with Gasteiger partial charge in [0.25, 0.3) is 0 Å². The van der Waals surface area contributed by atoms with Crippen molar-refractivity contribution in [3.63, 3.8) is 0 Å². The van der Waals surface area contributed by atoms with Crippen LogP contribution in [0.2, 0.25) is 5.02 Å². The van der Waals surface area contributed by atoms with E-state index in [2.05, 4.69) is 22.0 Å². The topological polar surface area (TPSA) is 9.23 Å². The van der Waals surface area contributed by atoms with E-state index in [1.54, 1.807) is 7.11 Å². The highest BCUT2D eigenvalue weighted by Gasteiger charge is 2.04. The maximum atomic E-state index is 5.98. The van der Waals surface area contributed by atoms with Crippen molar-refractivity contribution < 1.29 is 4.74 Å². The lowest BCUT2D eigenvalue weighted by Crippen LogP contribution is -1.85. The van der Waals surface area contributed by atoms with Crippen molar-refractivity contribution in [3.05, 3.63) is 52.0 Å². The predicted molar refractivity (Wildman–Crippen MR) is 71.1 cm³/mol. The Hall–Kier alpha value is -0.990. The van der Waals surface area contributed by atoms with Gasteiger partial charge in [0.2, 0.25) is 0 Å². The van der Waals surface area contributed by atoms with E-state index in [9.17, 15) is 0 Å². The van der Waals surface area contributed by atoms with Gasteiger partial charge in [-0.3, -0.25) is 0 Å². The molecule has 0 saturated carbocycles. The molecule has 0 amide bonds. The molecule has 0 unspecified atom stereocenters. The minimum atomic E-state index is 0.626. The molecule has 16 heavy (non-hydrogen) atoms. The maximum absolute atomic E-state index is 5.98. The second-order valence-electron chi connectivity index (χ2n) is 3.36. The molecule has 82 valence electrons. The van der Waals surface area contributed by atoms with Crippen LogP contribution in [0.25, 0.3) is 11.1 Å². The van der Waals surface area contributed by atoms with Gasteiger partial charge >= 0.3 is 0 Å². The summed E-state index contributed by atoms with van der Waals surface area (Å²) in [6.07, 6.45) is 0. The van der Waals surface area contributed by atoms with Gasteiger partial charge in [0, 0.05) is 4.47 Å². The fourth-order valence-electron chi connectivity index (χ4n) is 1.51. The number of methoxy groups -OCH3 is 1. The largest absolute Gasteiger partial charge is 0.495 e. The lowest BCUT2D eigenvalue weighted by Gasteiger charge is -2.07. The molecule has 3 heteroatoms.